The van der Waals surface area contributed by atoms with Crippen LogP contribution in [0.3, 0.4) is 0 Å². The lowest BCUT2D eigenvalue weighted by molar-refractivity contribution is 0.550. The second-order valence-corrected chi connectivity index (χ2v) is 5.37. The van der Waals surface area contributed by atoms with Crippen molar-refractivity contribution in [2.24, 2.45) is 5.92 Å². The molecule has 0 unspecified atom stereocenters. The normalized spacial score (nSPS) is 10.9. The fraction of sp³-hybridized carbons (Fsp3) is 0.538. The summed E-state index contributed by atoms with van der Waals surface area (Å²) in [6.07, 6.45) is 0. The Labute approximate surface area is 97.7 Å². The second kappa shape index (κ2) is 6.91. The molecule has 0 heterocycles. The predicted molar refractivity (Wildman–Crippen MR) is 69.4 cm³/mol. The van der Waals surface area contributed by atoms with Crippen LogP contribution in [0.4, 0.5) is 0 Å². The molecule has 0 radical (unpaired) electrons. The highest BCUT2D eigenvalue weighted by Crippen LogP contribution is 2.21. The van der Waals surface area contributed by atoms with Crippen molar-refractivity contribution in [1.82, 2.24) is 5.32 Å². The summed E-state index contributed by atoms with van der Waals surface area (Å²) in [5.41, 5.74) is 1.42. The number of hydrogen-bond acceptors (Lipinski definition) is 2. The van der Waals surface area contributed by atoms with Crippen LogP contribution in [0.1, 0.15) is 26.3 Å². The quantitative estimate of drug-likeness (QED) is 0.740. The van der Waals surface area contributed by atoms with Crippen LogP contribution in [0.5, 0.6) is 0 Å². The van der Waals surface area contributed by atoms with Crippen molar-refractivity contribution < 1.29 is 0 Å². The van der Waals surface area contributed by atoms with E-state index in [1.807, 2.05) is 11.8 Å². The van der Waals surface area contributed by atoms with Crippen LogP contribution in [0, 0.1) is 5.92 Å². The molecule has 0 aliphatic heterocycles. The Bertz CT molecular complexity index is 284. The van der Waals surface area contributed by atoms with Crippen molar-refractivity contribution in [3.05, 3.63) is 29.8 Å². The van der Waals surface area contributed by atoms with E-state index in [1.54, 1.807) is 0 Å². The van der Waals surface area contributed by atoms with Gasteiger partial charge >= 0.3 is 0 Å². The number of hydrogen-bond donors (Lipinski definition) is 1. The van der Waals surface area contributed by atoms with E-state index in [0.717, 1.165) is 24.8 Å². The van der Waals surface area contributed by atoms with Gasteiger partial charge in [-0.3, -0.25) is 0 Å². The van der Waals surface area contributed by atoms with Crippen molar-refractivity contribution in [3.63, 3.8) is 0 Å². The first kappa shape index (κ1) is 12.6. The summed E-state index contributed by atoms with van der Waals surface area (Å²) < 4.78 is 0. The minimum absolute atomic E-state index is 0.719. The lowest BCUT2D eigenvalue weighted by Crippen LogP contribution is -2.19. The maximum absolute atomic E-state index is 3.49. The van der Waals surface area contributed by atoms with Crippen molar-refractivity contribution >= 4 is 11.8 Å². The maximum Gasteiger partial charge on any atom is 0.0216 e. The molecule has 0 fully saturated rings. The van der Waals surface area contributed by atoms with Gasteiger partial charge in [0.2, 0.25) is 0 Å². The summed E-state index contributed by atoms with van der Waals surface area (Å²) in [4.78, 5) is 1.41. The lowest BCUT2D eigenvalue weighted by Gasteiger charge is -2.10. The smallest absolute Gasteiger partial charge is 0.0216 e. The molecule has 0 saturated carbocycles. The first-order valence-corrected chi connectivity index (χ1v) is 6.64. The molecule has 0 aliphatic carbocycles. The maximum atomic E-state index is 3.49. The summed E-state index contributed by atoms with van der Waals surface area (Å²) in [5, 5.41) is 3.49. The Morgan fingerprint density at radius 2 is 2.00 bits per heavy atom. The van der Waals surface area contributed by atoms with Gasteiger partial charge in [-0.15, -0.1) is 11.8 Å². The molecule has 2 heteroatoms. The van der Waals surface area contributed by atoms with E-state index in [0.29, 0.717) is 0 Å². The SMILES string of the molecule is CCSc1ccccc1CNCC(C)C. The van der Waals surface area contributed by atoms with Crippen LogP contribution in [-0.4, -0.2) is 12.3 Å². The van der Waals surface area contributed by atoms with Gasteiger partial charge in [0, 0.05) is 11.4 Å². The largest absolute Gasteiger partial charge is 0.312 e. The summed E-state index contributed by atoms with van der Waals surface area (Å²) in [5.74, 6) is 1.86. The third-order valence-electron chi connectivity index (χ3n) is 2.14. The van der Waals surface area contributed by atoms with E-state index >= 15 is 0 Å². The van der Waals surface area contributed by atoms with E-state index in [1.165, 1.54) is 10.5 Å². The molecule has 0 spiro atoms. The van der Waals surface area contributed by atoms with Gasteiger partial charge in [0.1, 0.15) is 0 Å². The molecule has 1 rings (SSSR count). The van der Waals surface area contributed by atoms with Gasteiger partial charge in [0.25, 0.3) is 0 Å². The van der Waals surface area contributed by atoms with Crippen LogP contribution in [0.25, 0.3) is 0 Å². The van der Waals surface area contributed by atoms with Gasteiger partial charge < -0.3 is 5.32 Å². The Kier molecular flexibility index (Phi) is 5.81. The molecule has 0 saturated heterocycles. The van der Waals surface area contributed by atoms with E-state index < -0.39 is 0 Å². The van der Waals surface area contributed by atoms with Crippen LogP contribution in [0.2, 0.25) is 0 Å². The number of rotatable bonds is 6. The van der Waals surface area contributed by atoms with Crippen molar-refractivity contribution in [3.8, 4) is 0 Å². The molecule has 0 amide bonds. The number of benzene rings is 1. The Morgan fingerprint density at radius 3 is 2.67 bits per heavy atom. The Hall–Kier alpha value is -0.470. The third kappa shape index (κ3) is 4.72. The molecule has 1 nitrogen and oxygen atoms in total. The molecule has 1 aromatic carbocycles. The highest BCUT2D eigenvalue weighted by atomic mass is 32.2. The first-order chi connectivity index (χ1) is 7.24. The topological polar surface area (TPSA) is 12.0 Å². The number of nitrogens with one attached hydrogen (secondary N) is 1. The lowest BCUT2D eigenvalue weighted by atomic mass is 10.2. The van der Waals surface area contributed by atoms with Crippen LogP contribution in [0.15, 0.2) is 29.2 Å². The average molecular weight is 223 g/mol. The first-order valence-electron chi connectivity index (χ1n) is 5.65. The van der Waals surface area contributed by atoms with Crippen LogP contribution in [-0.2, 0) is 6.54 Å². The molecule has 1 aromatic rings. The van der Waals surface area contributed by atoms with Gasteiger partial charge in [-0.1, -0.05) is 39.0 Å². The average Bonchev–Trinajstić information content (AvgIpc) is 2.20. The minimum atomic E-state index is 0.719. The highest BCUT2D eigenvalue weighted by Gasteiger charge is 2.01. The number of thioether (sulfide) groups is 1. The van der Waals surface area contributed by atoms with E-state index in [2.05, 4.69) is 50.4 Å². The van der Waals surface area contributed by atoms with Crippen molar-refractivity contribution in [2.75, 3.05) is 12.3 Å². The zero-order valence-corrected chi connectivity index (χ0v) is 10.7. The standard InChI is InChI=1S/C13H21NS/c1-4-15-13-8-6-5-7-12(13)10-14-9-11(2)3/h5-8,11,14H,4,9-10H2,1-3H3. The second-order valence-electron chi connectivity index (χ2n) is 4.07. The zero-order valence-electron chi connectivity index (χ0n) is 9.92. The fourth-order valence-corrected chi connectivity index (χ4v) is 2.25. The molecule has 0 aliphatic rings. The molecule has 0 atom stereocenters. The zero-order chi connectivity index (χ0) is 11.1. The van der Waals surface area contributed by atoms with Gasteiger partial charge in [-0.2, -0.15) is 0 Å². The van der Waals surface area contributed by atoms with E-state index in [4.69, 9.17) is 0 Å². The van der Waals surface area contributed by atoms with Gasteiger partial charge in [0.05, 0.1) is 0 Å². The van der Waals surface area contributed by atoms with Crippen LogP contribution >= 0.6 is 11.8 Å². The van der Waals surface area contributed by atoms with Crippen LogP contribution < -0.4 is 5.32 Å². The van der Waals surface area contributed by atoms with Gasteiger partial charge in [0.15, 0.2) is 0 Å². The van der Waals surface area contributed by atoms with Gasteiger partial charge in [-0.05, 0) is 29.8 Å². The fourth-order valence-electron chi connectivity index (χ4n) is 1.44. The molecular formula is C13H21NS. The summed E-state index contributed by atoms with van der Waals surface area (Å²) in [7, 11) is 0. The summed E-state index contributed by atoms with van der Waals surface area (Å²) in [6.45, 7) is 8.74. The highest BCUT2D eigenvalue weighted by molar-refractivity contribution is 7.99. The minimum Gasteiger partial charge on any atom is -0.312 e. The molecule has 84 valence electrons. The van der Waals surface area contributed by atoms with Gasteiger partial charge in [-0.25, -0.2) is 0 Å². The van der Waals surface area contributed by atoms with E-state index in [9.17, 15) is 0 Å². The summed E-state index contributed by atoms with van der Waals surface area (Å²) >= 11 is 1.92. The monoisotopic (exact) mass is 223 g/mol. The molecule has 0 aromatic heterocycles. The van der Waals surface area contributed by atoms with E-state index in [-0.39, 0.29) is 0 Å². The Balaban J connectivity index is 2.51. The Morgan fingerprint density at radius 1 is 1.27 bits per heavy atom. The van der Waals surface area contributed by atoms with Crippen molar-refractivity contribution in [1.29, 1.82) is 0 Å². The third-order valence-corrected chi connectivity index (χ3v) is 3.14. The molecule has 0 bridgehead atoms. The summed E-state index contributed by atoms with van der Waals surface area (Å²) in [6, 6.07) is 8.65. The molecular weight excluding hydrogens is 202 g/mol. The molecule has 1 N–H and O–H groups in total. The predicted octanol–water partition coefficient (Wildman–Crippen LogP) is 3.54. The van der Waals surface area contributed by atoms with Crippen molar-refractivity contribution in [2.45, 2.75) is 32.2 Å². The molecule has 15 heavy (non-hydrogen) atoms.